The molecule has 1 saturated carbocycles. The number of hydrogen-bond acceptors (Lipinski definition) is 4. The van der Waals surface area contributed by atoms with Crippen LogP contribution in [0.2, 0.25) is 0 Å². The Labute approximate surface area is 141 Å². The van der Waals surface area contributed by atoms with Crippen LogP contribution in [-0.4, -0.2) is 20.2 Å². The number of ether oxygens (including phenoxy) is 1. The molecule has 3 rings (SSSR count). The van der Waals surface area contributed by atoms with Crippen molar-refractivity contribution in [3.8, 4) is 5.75 Å². The van der Waals surface area contributed by atoms with Crippen molar-refractivity contribution in [1.82, 2.24) is 14.1 Å². The third-order valence-corrected chi connectivity index (χ3v) is 4.81. The van der Waals surface area contributed by atoms with Crippen LogP contribution < -0.4 is 16.0 Å². The van der Waals surface area contributed by atoms with Gasteiger partial charge in [0.05, 0.1) is 10.6 Å². The van der Waals surface area contributed by atoms with Gasteiger partial charge in [0.25, 0.3) is 5.56 Å². The molecule has 0 atom stereocenters. The van der Waals surface area contributed by atoms with Crippen molar-refractivity contribution in [2.45, 2.75) is 37.8 Å². The molecule has 0 spiro atoms. The van der Waals surface area contributed by atoms with E-state index in [4.69, 9.17) is 4.74 Å². The van der Waals surface area contributed by atoms with Gasteiger partial charge in [0.15, 0.2) is 0 Å². The molecule has 0 unspecified atom stereocenters. The summed E-state index contributed by atoms with van der Waals surface area (Å²) in [4.78, 5) is 27.3. The predicted molar refractivity (Wildman–Crippen MR) is 89.8 cm³/mol. The molecule has 6 nitrogen and oxygen atoms in total. The first kappa shape index (κ1) is 16.0. The summed E-state index contributed by atoms with van der Waals surface area (Å²) >= 11 is 3.43. The van der Waals surface area contributed by atoms with E-state index in [9.17, 15) is 9.59 Å². The zero-order chi connectivity index (χ0) is 16.4. The average Bonchev–Trinajstić information content (AvgIpc) is 2.54. The number of aromatic nitrogens is 3. The van der Waals surface area contributed by atoms with Gasteiger partial charge in [0.1, 0.15) is 5.75 Å². The summed E-state index contributed by atoms with van der Waals surface area (Å²) in [7, 11) is 1.70. The van der Waals surface area contributed by atoms with Crippen molar-refractivity contribution < 1.29 is 4.74 Å². The van der Waals surface area contributed by atoms with E-state index >= 15 is 0 Å². The molecule has 0 bridgehead atoms. The van der Waals surface area contributed by atoms with Gasteiger partial charge in [-0.05, 0) is 47.7 Å². The van der Waals surface area contributed by atoms with E-state index in [-0.39, 0.29) is 23.4 Å². The summed E-state index contributed by atoms with van der Waals surface area (Å²) in [6, 6.07) is 3.45. The Morgan fingerprint density at radius 2 is 2.00 bits per heavy atom. The van der Waals surface area contributed by atoms with Crippen molar-refractivity contribution in [1.29, 1.82) is 0 Å². The van der Waals surface area contributed by atoms with Crippen molar-refractivity contribution >= 4 is 15.9 Å². The molecule has 0 aliphatic heterocycles. The molecule has 1 fully saturated rings. The molecular weight excluding hydrogens is 362 g/mol. The molecule has 1 aliphatic carbocycles. The van der Waals surface area contributed by atoms with Gasteiger partial charge < -0.3 is 9.30 Å². The summed E-state index contributed by atoms with van der Waals surface area (Å²) < 4.78 is 9.94. The summed E-state index contributed by atoms with van der Waals surface area (Å²) in [5, 5.41) is 0. The summed E-state index contributed by atoms with van der Waals surface area (Å²) in [5.74, 6) is 0.579. The maximum atomic E-state index is 11.8. The Balaban J connectivity index is 1.66. The lowest BCUT2D eigenvalue weighted by Crippen LogP contribution is -2.32. The smallest absolute Gasteiger partial charge is 0.347 e. The predicted octanol–water partition coefficient (Wildman–Crippen LogP) is 2.27. The Bertz CT molecular complexity index is 807. The van der Waals surface area contributed by atoms with Crippen LogP contribution in [0.1, 0.15) is 31.7 Å². The number of hydrogen-bond donors (Lipinski definition) is 0. The first-order valence-electron chi connectivity index (χ1n) is 7.60. The zero-order valence-corrected chi connectivity index (χ0v) is 14.4. The normalized spacial score (nSPS) is 21.1. The highest BCUT2D eigenvalue weighted by Gasteiger charge is 2.24. The molecule has 23 heavy (non-hydrogen) atoms. The molecule has 0 saturated heterocycles. The van der Waals surface area contributed by atoms with Gasteiger partial charge >= 0.3 is 5.69 Å². The highest BCUT2D eigenvalue weighted by Crippen LogP contribution is 2.31. The van der Waals surface area contributed by atoms with E-state index in [0.29, 0.717) is 5.75 Å². The Hall–Kier alpha value is -1.89. The quantitative estimate of drug-likeness (QED) is 0.820. The number of aryl methyl sites for hydroxylation is 1. The lowest BCUT2D eigenvalue weighted by molar-refractivity contribution is 0.130. The van der Waals surface area contributed by atoms with Gasteiger partial charge in [0, 0.05) is 37.7 Å². The fraction of sp³-hybridized carbons (Fsp3) is 0.438. The van der Waals surface area contributed by atoms with E-state index < -0.39 is 0 Å². The molecule has 0 radical (unpaired) electrons. The van der Waals surface area contributed by atoms with E-state index in [1.54, 1.807) is 30.1 Å². The Kier molecular flexibility index (Phi) is 4.66. The van der Waals surface area contributed by atoms with Crippen LogP contribution in [0, 0.1) is 0 Å². The molecule has 2 heterocycles. The molecule has 1 aliphatic rings. The van der Waals surface area contributed by atoms with Gasteiger partial charge in [-0.3, -0.25) is 9.36 Å². The first-order valence-corrected chi connectivity index (χ1v) is 8.40. The van der Waals surface area contributed by atoms with E-state index in [2.05, 4.69) is 20.9 Å². The van der Waals surface area contributed by atoms with Crippen molar-refractivity contribution in [3.05, 3.63) is 56.0 Å². The van der Waals surface area contributed by atoms with Gasteiger partial charge in [-0.15, -0.1) is 0 Å². The molecule has 0 N–H and O–H groups in total. The maximum Gasteiger partial charge on any atom is 0.347 e. The molecule has 0 aromatic carbocycles. The lowest BCUT2D eigenvalue weighted by Gasteiger charge is -2.30. The van der Waals surface area contributed by atoms with Gasteiger partial charge in [-0.2, -0.15) is 0 Å². The number of rotatable bonds is 3. The third-order valence-electron chi connectivity index (χ3n) is 4.21. The monoisotopic (exact) mass is 379 g/mol. The van der Waals surface area contributed by atoms with E-state index in [1.165, 1.54) is 16.8 Å². The average molecular weight is 380 g/mol. The highest BCUT2D eigenvalue weighted by molar-refractivity contribution is 9.10. The fourth-order valence-corrected chi connectivity index (χ4v) is 3.45. The summed E-state index contributed by atoms with van der Waals surface area (Å²) in [5.41, 5.74) is -0.301. The van der Waals surface area contributed by atoms with Crippen LogP contribution in [0.4, 0.5) is 0 Å². The molecule has 2 aromatic rings. The third kappa shape index (κ3) is 3.55. The van der Waals surface area contributed by atoms with Gasteiger partial charge in [-0.1, -0.05) is 0 Å². The van der Waals surface area contributed by atoms with Crippen LogP contribution in [0.3, 0.4) is 0 Å². The van der Waals surface area contributed by atoms with Crippen LogP contribution in [0.5, 0.6) is 5.75 Å². The molecule has 7 heteroatoms. The molecular formula is C16H18BrN3O3. The minimum Gasteiger partial charge on any atom is -0.489 e. The second kappa shape index (κ2) is 6.70. The second-order valence-corrected chi connectivity index (χ2v) is 6.65. The van der Waals surface area contributed by atoms with Crippen LogP contribution in [-0.2, 0) is 7.05 Å². The Morgan fingerprint density at radius 1 is 1.26 bits per heavy atom. The number of pyridine rings is 1. The summed E-state index contributed by atoms with van der Waals surface area (Å²) in [6.45, 7) is 0. The van der Waals surface area contributed by atoms with E-state index in [0.717, 1.165) is 30.2 Å². The number of nitrogens with zero attached hydrogens (tertiary/aromatic N) is 3. The fourth-order valence-electron chi connectivity index (χ4n) is 2.94. The topological polar surface area (TPSA) is 66.1 Å². The van der Waals surface area contributed by atoms with Crippen LogP contribution >= 0.6 is 15.9 Å². The second-order valence-electron chi connectivity index (χ2n) is 5.79. The van der Waals surface area contributed by atoms with Crippen molar-refractivity contribution in [2.24, 2.45) is 7.05 Å². The van der Waals surface area contributed by atoms with Gasteiger partial charge in [-0.25, -0.2) is 9.78 Å². The minimum absolute atomic E-state index is 0.0574. The molecule has 122 valence electrons. The lowest BCUT2D eigenvalue weighted by atomic mass is 9.92. The SMILES string of the molecule is Cn1cc(Br)c(O[C@H]2CC[C@H](n3cccnc3=O)CC2)cc1=O. The minimum atomic E-state index is -0.203. The van der Waals surface area contributed by atoms with Gasteiger partial charge in [0.2, 0.25) is 0 Å². The highest BCUT2D eigenvalue weighted by atomic mass is 79.9. The zero-order valence-electron chi connectivity index (χ0n) is 12.8. The molecule has 0 amide bonds. The summed E-state index contributed by atoms with van der Waals surface area (Å²) in [6.07, 6.45) is 8.47. The van der Waals surface area contributed by atoms with Crippen molar-refractivity contribution in [2.75, 3.05) is 0 Å². The van der Waals surface area contributed by atoms with Crippen molar-refractivity contribution in [3.63, 3.8) is 0 Å². The van der Waals surface area contributed by atoms with Crippen LogP contribution in [0.15, 0.2) is 44.8 Å². The van der Waals surface area contributed by atoms with Crippen LogP contribution in [0.25, 0.3) is 0 Å². The van der Waals surface area contributed by atoms with E-state index in [1.807, 2.05) is 0 Å². The first-order chi connectivity index (χ1) is 11.0. The largest absolute Gasteiger partial charge is 0.489 e. The number of halogens is 1. The molecule has 2 aromatic heterocycles. The Morgan fingerprint density at radius 3 is 2.70 bits per heavy atom. The standard InChI is InChI=1S/C16H18BrN3O3/c1-19-10-13(17)14(9-15(19)21)23-12-5-3-11(4-6-12)20-8-2-7-18-16(20)22/h2,7-12H,3-6H2,1H3/t11-,12-. The maximum absolute atomic E-state index is 11.8.